The lowest BCUT2D eigenvalue weighted by molar-refractivity contribution is 0.102. The van der Waals surface area contributed by atoms with Gasteiger partial charge in [0.25, 0.3) is 5.91 Å². The van der Waals surface area contributed by atoms with Crippen LogP contribution in [0.3, 0.4) is 0 Å². The second-order valence-electron chi connectivity index (χ2n) is 7.29. The summed E-state index contributed by atoms with van der Waals surface area (Å²) in [5, 5.41) is 7.54. The van der Waals surface area contributed by atoms with Crippen LogP contribution in [-0.4, -0.2) is 20.9 Å². The Bertz CT molecular complexity index is 1180. The van der Waals surface area contributed by atoms with Gasteiger partial charge in [0.05, 0.1) is 17.4 Å². The van der Waals surface area contributed by atoms with Crippen molar-refractivity contribution in [2.45, 2.75) is 26.8 Å². The van der Waals surface area contributed by atoms with Gasteiger partial charge in [0.15, 0.2) is 0 Å². The molecule has 0 aliphatic rings. The van der Waals surface area contributed by atoms with Gasteiger partial charge in [0, 0.05) is 35.7 Å². The molecular formula is C23H23N5O. The fraction of sp³-hybridized carbons (Fsp3) is 0.174. The van der Waals surface area contributed by atoms with Crippen LogP contribution < -0.4 is 10.6 Å². The molecule has 0 saturated heterocycles. The van der Waals surface area contributed by atoms with Crippen LogP contribution in [0.4, 0.5) is 11.4 Å². The highest BCUT2D eigenvalue weighted by Crippen LogP contribution is 2.25. The van der Waals surface area contributed by atoms with E-state index in [0.717, 1.165) is 33.5 Å². The van der Waals surface area contributed by atoms with Crippen LogP contribution in [0.2, 0.25) is 0 Å². The first-order chi connectivity index (χ1) is 14.0. The van der Waals surface area contributed by atoms with E-state index in [-0.39, 0.29) is 11.9 Å². The van der Waals surface area contributed by atoms with Gasteiger partial charge in [-0.15, -0.1) is 0 Å². The molecule has 0 aliphatic carbocycles. The highest BCUT2D eigenvalue weighted by atomic mass is 16.1. The molecule has 3 aromatic heterocycles. The monoisotopic (exact) mass is 385 g/mol. The quantitative estimate of drug-likeness (QED) is 0.451. The van der Waals surface area contributed by atoms with E-state index in [9.17, 15) is 4.79 Å². The maximum Gasteiger partial charge on any atom is 0.257 e. The van der Waals surface area contributed by atoms with Crippen LogP contribution in [0.5, 0.6) is 0 Å². The molecule has 29 heavy (non-hydrogen) atoms. The number of pyridine rings is 2. The summed E-state index contributed by atoms with van der Waals surface area (Å²) in [4.78, 5) is 24.2. The van der Waals surface area contributed by atoms with Crippen LogP contribution in [0.15, 0.2) is 61.2 Å². The number of aromatic nitrogens is 3. The van der Waals surface area contributed by atoms with Gasteiger partial charge in [-0.3, -0.25) is 9.78 Å². The minimum absolute atomic E-state index is 0.0472. The summed E-state index contributed by atoms with van der Waals surface area (Å²) in [7, 11) is 0. The number of aromatic amines is 1. The van der Waals surface area contributed by atoms with Crippen LogP contribution in [0.1, 0.15) is 40.0 Å². The molecule has 4 rings (SSSR count). The molecule has 1 atom stereocenters. The van der Waals surface area contributed by atoms with Crippen molar-refractivity contribution in [3.8, 4) is 0 Å². The predicted molar refractivity (Wildman–Crippen MR) is 116 cm³/mol. The number of hydrogen-bond acceptors (Lipinski definition) is 4. The Morgan fingerprint density at radius 3 is 2.76 bits per heavy atom. The summed E-state index contributed by atoms with van der Waals surface area (Å²) in [6.45, 7) is 6.06. The Hall–Kier alpha value is -3.67. The molecular weight excluding hydrogens is 362 g/mol. The number of amides is 1. The molecule has 0 bridgehead atoms. The summed E-state index contributed by atoms with van der Waals surface area (Å²) < 4.78 is 0. The molecule has 4 aromatic rings. The van der Waals surface area contributed by atoms with Gasteiger partial charge in [-0.2, -0.15) is 0 Å². The van der Waals surface area contributed by atoms with Crippen molar-refractivity contribution in [2.24, 2.45) is 0 Å². The summed E-state index contributed by atoms with van der Waals surface area (Å²) in [5.41, 5.74) is 6.31. The third-order valence-corrected chi connectivity index (χ3v) is 4.90. The van der Waals surface area contributed by atoms with Gasteiger partial charge in [-0.25, -0.2) is 4.98 Å². The summed E-state index contributed by atoms with van der Waals surface area (Å²) in [6, 6.07) is 11.8. The van der Waals surface area contributed by atoms with Gasteiger partial charge in [-0.05, 0) is 61.7 Å². The number of carbonyl (C=O) groups excluding carboxylic acids is 1. The van der Waals surface area contributed by atoms with E-state index in [0.29, 0.717) is 5.56 Å². The van der Waals surface area contributed by atoms with Crippen LogP contribution >= 0.6 is 0 Å². The van der Waals surface area contributed by atoms with Crippen molar-refractivity contribution in [1.29, 1.82) is 0 Å². The number of nitrogens with zero attached hydrogens (tertiary/aromatic N) is 2. The summed E-state index contributed by atoms with van der Waals surface area (Å²) >= 11 is 0. The first kappa shape index (κ1) is 18.7. The molecule has 3 N–H and O–H groups in total. The van der Waals surface area contributed by atoms with Gasteiger partial charge in [-0.1, -0.05) is 12.1 Å². The minimum atomic E-state index is -0.170. The Morgan fingerprint density at radius 1 is 1.07 bits per heavy atom. The van der Waals surface area contributed by atoms with E-state index in [1.807, 2.05) is 49.6 Å². The van der Waals surface area contributed by atoms with E-state index in [1.54, 1.807) is 12.4 Å². The minimum Gasteiger partial charge on any atom is -0.377 e. The molecule has 146 valence electrons. The number of H-pyrrole nitrogens is 1. The van der Waals surface area contributed by atoms with Crippen LogP contribution in [0.25, 0.3) is 11.0 Å². The molecule has 0 radical (unpaired) electrons. The smallest absolute Gasteiger partial charge is 0.257 e. The molecule has 3 heterocycles. The maximum atomic E-state index is 12.5. The highest BCUT2D eigenvalue weighted by molar-refractivity contribution is 6.04. The Labute approximate surface area is 169 Å². The third kappa shape index (κ3) is 4.11. The zero-order chi connectivity index (χ0) is 20.4. The number of aryl methyl sites for hydroxylation is 2. The molecule has 1 aromatic carbocycles. The molecule has 0 aliphatic heterocycles. The lowest BCUT2D eigenvalue weighted by atomic mass is 10.1. The summed E-state index contributed by atoms with van der Waals surface area (Å²) in [5.74, 6) is -0.170. The van der Waals surface area contributed by atoms with Crippen molar-refractivity contribution in [1.82, 2.24) is 15.0 Å². The van der Waals surface area contributed by atoms with Gasteiger partial charge >= 0.3 is 0 Å². The van der Waals surface area contributed by atoms with Crippen molar-refractivity contribution in [2.75, 3.05) is 10.6 Å². The number of nitrogens with one attached hydrogen (secondary N) is 3. The van der Waals surface area contributed by atoms with Crippen molar-refractivity contribution in [3.05, 3.63) is 83.4 Å². The third-order valence-electron chi connectivity index (χ3n) is 4.90. The molecule has 1 amide bonds. The van der Waals surface area contributed by atoms with Crippen LogP contribution in [0, 0.1) is 13.8 Å². The number of rotatable bonds is 5. The topological polar surface area (TPSA) is 82.7 Å². The zero-order valence-electron chi connectivity index (χ0n) is 16.7. The van der Waals surface area contributed by atoms with E-state index in [2.05, 4.69) is 45.5 Å². The SMILES string of the molecule is Cc1cncc(C(=O)Nc2cccc([C@H](C)Nc3cnc4[nH]cc(C)c4c3)c2)c1. The van der Waals surface area contributed by atoms with Gasteiger partial charge < -0.3 is 15.6 Å². The number of hydrogen-bond donors (Lipinski definition) is 3. The van der Waals surface area contributed by atoms with Gasteiger partial charge in [0.2, 0.25) is 0 Å². The average Bonchev–Trinajstić information content (AvgIpc) is 3.08. The largest absolute Gasteiger partial charge is 0.377 e. The number of carbonyl (C=O) groups is 1. The van der Waals surface area contributed by atoms with E-state index in [1.165, 1.54) is 5.56 Å². The van der Waals surface area contributed by atoms with Gasteiger partial charge in [0.1, 0.15) is 5.65 Å². The Morgan fingerprint density at radius 2 is 1.93 bits per heavy atom. The number of benzene rings is 1. The standard InChI is InChI=1S/C23H23N5O/c1-14-7-18(12-24-10-14)23(29)28-19-6-4-5-17(8-19)16(3)27-20-9-21-15(2)11-25-22(21)26-13-20/h4-13,16,27H,1-3H3,(H,25,26)(H,28,29)/t16-/m0/s1. The first-order valence-corrected chi connectivity index (χ1v) is 9.53. The molecule has 0 fully saturated rings. The van der Waals surface area contributed by atoms with Crippen molar-refractivity contribution >= 4 is 28.3 Å². The lowest BCUT2D eigenvalue weighted by Gasteiger charge is -2.17. The fourth-order valence-electron chi connectivity index (χ4n) is 3.32. The van der Waals surface area contributed by atoms with E-state index in [4.69, 9.17) is 0 Å². The zero-order valence-corrected chi connectivity index (χ0v) is 16.7. The van der Waals surface area contributed by atoms with Crippen LogP contribution in [-0.2, 0) is 0 Å². The van der Waals surface area contributed by atoms with Crippen molar-refractivity contribution < 1.29 is 4.79 Å². The number of anilines is 2. The first-order valence-electron chi connectivity index (χ1n) is 9.53. The normalized spacial score (nSPS) is 12.0. The highest BCUT2D eigenvalue weighted by Gasteiger charge is 2.11. The second-order valence-corrected chi connectivity index (χ2v) is 7.29. The average molecular weight is 385 g/mol. The Balaban J connectivity index is 1.49. The van der Waals surface area contributed by atoms with E-state index >= 15 is 0 Å². The summed E-state index contributed by atoms with van der Waals surface area (Å²) in [6.07, 6.45) is 7.08. The maximum absolute atomic E-state index is 12.5. The predicted octanol–water partition coefficient (Wildman–Crippen LogP) is 5.00. The molecule has 0 unspecified atom stereocenters. The molecule has 6 nitrogen and oxygen atoms in total. The molecule has 0 saturated carbocycles. The fourth-order valence-corrected chi connectivity index (χ4v) is 3.32. The molecule has 6 heteroatoms. The van der Waals surface area contributed by atoms with Crippen molar-refractivity contribution in [3.63, 3.8) is 0 Å². The Kier molecular flexibility index (Phi) is 4.99. The van der Waals surface area contributed by atoms with E-state index < -0.39 is 0 Å². The second kappa shape index (κ2) is 7.75. The lowest BCUT2D eigenvalue weighted by Crippen LogP contribution is -2.13. The molecule has 0 spiro atoms. The number of fused-ring (bicyclic) bond motifs is 1.